The zero-order valence-electron chi connectivity index (χ0n) is 16.4. The first-order valence-electron chi connectivity index (χ1n) is 9.76. The fourth-order valence-electron chi connectivity index (χ4n) is 4.50. The Labute approximate surface area is 174 Å². The van der Waals surface area contributed by atoms with Crippen LogP contribution < -0.4 is 16.0 Å². The first-order valence-corrected chi connectivity index (χ1v) is 10.1. The van der Waals surface area contributed by atoms with Crippen molar-refractivity contribution in [1.29, 1.82) is 0 Å². The highest BCUT2D eigenvalue weighted by molar-refractivity contribution is 6.32. The molecular weight excluding hydrogens is 390 g/mol. The average molecular weight is 414 g/mol. The highest BCUT2D eigenvalue weighted by atomic mass is 35.5. The van der Waals surface area contributed by atoms with Gasteiger partial charge in [0.25, 0.3) is 0 Å². The molecule has 2 aromatic carbocycles. The van der Waals surface area contributed by atoms with E-state index < -0.39 is 5.91 Å². The number of benzene rings is 2. The molecule has 2 aliphatic rings. The number of amides is 2. The molecule has 0 aromatic heterocycles. The smallest absolute Gasteiger partial charge is 0.248 e. The second kappa shape index (κ2) is 7.26. The van der Waals surface area contributed by atoms with Crippen LogP contribution >= 0.6 is 11.6 Å². The van der Waals surface area contributed by atoms with Crippen LogP contribution in [0.3, 0.4) is 0 Å². The van der Waals surface area contributed by atoms with Crippen molar-refractivity contribution in [2.24, 2.45) is 17.6 Å². The van der Waals surface area contributed by atoms with Crippen LogP contribution in [-0.2, 0) is 4.79 Å². The molecule has 0 radical (unpaired) electrons. The lowest BCUT2D eigenvalue weighted by molar-refractivity contribution is -0.117. The Hall–Kier alpha value is -2.73. The van der Waals surface area contributed by atoms with Gasteiger partial charge in [0, 0.05) is 41.9 Å². The third-order valence-electron chi connectivity index (χ3n) is 5.98. The number of hydrogen-bond donors (Lipinski definition) is 3. The van der Waals surface area contributed by atoms with Gasteiger partial charge in [-0.25, -0.2) is 0 Å². The van der Waals surface area contributed by atoms with Crippen LogP contribution in [0.15, 0.2) is 36.4 Å². The molecule has 1 saturated carbocycles. The summed E-state index contributed by atoms with van der Waals surface area (Å²) in [5, 5.41) is 13.8. The lowest BCUT2D eigenvalue weighted by atomic mass is 9.79. The Morgan fingerprint density at radius 3 is 2.52 bits per heavy atom. The molecule has 3 atom stereocenters. The normalized spacial score (nSPS) is 23.4. The number of rotatable bonds is 4. The standard InChI is InChI=1S/C22H24ClN3O3/c1-11-20(25-15-6-7-17(23)19(28)10-15)16-9-14(22(24)29)5-8-18(16)26(12(2)27)21(11)13-3-4-13/h5-11,13,20-21,25,28H,3-4H2,1-2H3,(H2,24,29)/t11-,20-,21-/m1/s1. The van der Waals surface area contributed by atoms with Crippen LogP contribution in [0.1, 0.15) is 48.7 Å². The highest BCUT2D eigenvalue weighted by Crippen LogP contribution is 2.50. The van der Waals surface area contributed by atoms with Crippen molar-refractivity contribution < 1.29 is 14.7 Å². The van der Waals surface area contributed by atoms with E-state index in [0.29, 0.717) is 17.2 Å². The fraction of sp³-hybridized carbons (Fsp3) is 0.364. The van der Waals surface area contributed by atoms with E-state index in [9.17, 15) is 14.7 Å². The van der Waals surface area contributed by atoms with E-state index in [1.54, 1.807) is 37.3 Å². The van der Waals surface area contributed by atoms with Crippen LogP contribution in [0, 0.1) is 11.8 Å². The van der Waals surface area contributed by atoms with Gasteiger partial charge in [-0.2, -0.15) is 0 Å². The number of nitrogens with two attached hydrogens (primary N) is 1. The Kier molecular flexibility index (Phi) is 4.90. The van der Waals surface area contributed by atoms with Gasteiger partial charge in [0.05, 0.1) is 11.1 Å². The van der Waals surface area contributed by atoms with Gasteiger partial charge < -0.3 is 21.1 Å². The number of hydrogen-bond acceptors (Lipinski definition) is 4. The number of carbonyl (C=O) groups is 2. The van der Waals surface area contributed by atoms with Gasteiger partial charge in [0.1, 0.15) is 5.75 Å². The van der Waals surface area contributed by atoms with Gasteiger partial charge in [0.2, 0.25) is 11.8 Å². The number of anilines is 2. The van der Waals surface area contributed by atoms with Gasteiger partial charge >= 0.3 is 0 Å². The minimum absolute atomic E-state index is 0.00431. The second-order valence-electron chi connectivity index (χ2n) is 8.00. The largest absolute Gasteiger partial charge is 0.506 e. The molecule has 4 N–H and O–H groups in total. The molecule has 4 rings (SSSR count). The predicted octanol–water partition coefficient (Wildman–Crippen LogP) is 4.08. The third-order valence-corrected chi connectivity index (χ3v) is 6.30. The first kappa shape index (κ1) is 19.6. The van der Waals surface area contributed by atoms with Crippen LogP contribution in [0.4, 0.5) is 11.4 Å². The molecule has 0 spiro atoms. The Morgan fingerprint density at radius 2 is 1.93 bits per heavy atom. The minimum atomic E-state index is -0.512. The number of phenolic OH excluding ortho intramolecular Hbond substituents is 1. The van der Waals surface area contributed by atoms with Crippen molar-refractivity contribution in [2.75, 3.05) is 10.2 Å². The van der Waals surface area contributed by atoms with Gasteiger partial charge in [-0.05, 0) is 54.7 Å². The van der Waals surface area contributed by atoms with Crippen molar-refractivity contribution in [3.05, 3.63) is 52.5 Å². The molecule has 1 aliphatic heterocycles. The lowest BCUT2D eigenvalue weighted by Gasteiger charge is -2.46. The summed E-state index contributed by atoms with van der Waals surface area (Å²) < 4.78 is 0. The summed E-state index contributed by atoms with van der Waals surface area (Å²) in [6.07, 6.45) is 2.20. The van der Waals surface area contributed by atoms with Gasteiger partial charge in [-0.3, -0.25) is 9.59 Å². The van der Waals surface area contributed by atoms with Crippen LogP contribution in [0.25, 0.3) is 0 Å². The zero-order chi connectivity index (χ0) is 20.9. The van der Waals surface area contributed by atoms with Crippen molar-refractivity contribution >= 4 is 34.8 Å². The highest BCUT2D eigenvalue weighted by Gasteiger charge is 2.47. The van der Waals surface area contributed by atoms with Crippen molar-refractivity contribution in [3.63, 3.8) is 0 Å². The summed E-state index contributed by atoms with van der Waals surface area (Å²) in [4.78, 5) is 26.2. The first-order chi connectivity index (χ1) is 13.8. The van der Waals surface area contributed by atoms with E-state index in [1.807, 2.05) is 11.0 Å². The van der Waals surface area contributed by atoms with Crippen LogP contribution in [0.2, 0.25) is 5.02 Å². The number of halogens is 1. The molecule has 7 heteroatoms. The van der Waals surface area contributed by atoms with E-state index in [4.69, 9.17) is 17.3 Å². The summed E-state index contributed by atoms with van der Waals surface area (Å²) in [6, 6.07) is 10.2. The lowest BCUT2D eigenvalue weighted by Crippen LogP contribution is -2.51. The summed E-state index contributed by atoms with van der Waals surface area (Å²) >= 11 is 5.94. The van der Waals surface area contributed by atoms with Crippen molar-refractivity contribution in [3.8, 4) is 5.75 Å². The fourth-order valence-corrected chi connectivity index (χ4v) is 4.62. The minimum Gasteiger partial charge on any atom is -0.506 e. The van der Waals surface area contributed by atoms with Gasteiger partial charge in [-0.1, -0.05) is 18.5 Å². The molecular formula is C22H24ClN3O3. The third kappa shape index (κ3) is 3.53. The summed E-state index contributed by atoms with van der Waals surface area (Å²) in [6.45, 7) is 3.70. The number of nitrogens with one attached hydrogen (secondary N) is 1. The molecule has 0 bridgehead atoms. The molecule has 6 nitrogen and oxygen atoms in total. The summed E-state index contributed by atoms with van der Waals surface area (Å²) in [5.41, 5.74) is 8.26. The molecule has 1 heterocycles. The van der Waals surface area contributed by atoms with E-state index in [1.165, 1.54) is 0 Å². The molecule has 1 aliphatic carbocycles. The zero-order valence-corrected chi connectivity index (χ0v) is 17.1. The van der Waals surface area contributed by atoms with Crippen molar-refractivity contribution in [1.82, 2.24) is 0 Å². The number of primary amides is 1. The Bertz CT molecular complexity index is 989. The SMILES string of the molecule is CC(=O)N1c2ccc(C(N)=O)cc2[C@H](Nc2ccc(Cl)c(O)c2)[C@@H](C)[C@@H]1C1CC1. The quantitative estimate of drug-likeness (QED) is 0.703. The maximum Gasteiger partial charge on any atom is 0.248 e. The summed E-state index contributed by atoms with van der Waals surface area (Å²) in [7, 11) is 0. The number of phenols is 1. The van der Waals surface area contributed by atoms with E-state index >= 15 is 0 Å². The van der Waals surface area contributed by atoms with Gasteiger partial charge in [-0.15, -0.1) is 0 Å². The van der Waals surface area contributed by atoms with Gasteiger partial charge in [0.15, 0.2) is 0 Å². The van der Waals surface area contributed by atoms with E-state index in [0.717, 1.165) is 24.1 Å². The molecule has 1 fully saturated rings. The number of nitrogens with zero attached hydrogens (tertiary/aromatic N) is 1. The topological polar surface area (TPSA) is 95.7 Å². The maximum absolute atomic E-state index is 12.6. The number of carbonyl (C=O) groups excluding carboxylic acids is 2. The molecule has 0 unspecified atom stereocenters. The van der Waals surface area contributed by atoms with Crippen molar-refractivity contribution in [2.45, 2.75) is 38.8 Å². The Morgan fingerprint density at radius 1 is 1.21 bits per heavy atom. The monoisotopic (exact) mass is 413 g/mol. The van der Waals surface area contributed by atoms with Crippen LogP contribution in [0.5, 0.6) is 5.75 Å². The van der Waals surface area contributed by atoms with E-state index in [-0.39, 0.29) is 34.7 Å². The molecule has 0 saturated heterocycles. The Balaban J connectivity index is 1.83. The number of aromatic hydroxyl groups is 1. The second-order valence-corrected chi connectivity index (χ2v) is 8.41. The maximum atomic E-state index is 12.6. The summed E-state index contributed by atoms with van der Waals surface area (Å²) in [5.74, 6) is 0.0161. The molecule has 2 aromatic rings. The number of fused-ring (bicyclic) bond motifs is 1. The molecule has 29 heavy (non-hydrogen) atoms. The van der Waals surface area contributed by atoms with E-state index in [2.05, 4.69) is 12.2 Å². The molecule has 2 amide bonds. The van der Waals surface area contributed by atoms with Crippen LogP contribution in [-0.4, -0.2) is 23.0 Å². The predicted molar refractivity (Wildman–Crippen MR) is 113 cm³/mol. The average Bonchev–Trinajstić information content (AvgIpc) is 3.50. The molecule has 152 valence electrons.